The topological polar surface area (TPSA) is 81.7 Å². The second-order valence-electron chi connectivity index (χ2n) is 6.89. The maximum atomic E-state index is 12.4. The Bertz CT molecular complexity index is 713. The van der Waals surface area contributed by atoms with Crippen molar-refractivity contribution in [3.05, 3.63) is 29.8 Å². The molecule has 24 heavy (non-hydrogen) atoms. The number of esters is 2. The number of carbonyl (C=O) groups is 3. The molecule has 2 saturated carbocycles. The molecule has 1 amide bonds. The summed E-state index contributed by atoms with van der Waals surface area (Å²) in [5.74, 6) is -1.65. The Balaban J connectivity index is 1.35. The van der Waals surface area contributed by atoms with Crippen LogP contribution in [0.1, 0.15) is 18.4 Å². The first-order valence-corrected chi connectivity index (χ1v) is 8.27. The van der Waals surface area contributed by atoms with Crippen LogP contribution in [0.15, 0.2) is 24.3 Å². The van der Waals surface area contributed by atoms with E-state index in [1.54, 1.807) is 6.07 Å². The maximum absolute atomic E-state index is 12.4. The summed E-state index contributed by atoms with van der Waals surface area (Å²) in [5.41, 5.74) is 1.63. The highest BCUT2D eigenvalue weighted by Crippen LogP contribution is 2.57. The summed E-state index contributed by atoms with van der Waals surface area (Å²) in [6.45, 7) is 1.55. The number of hydrogen-bond acceptors (Lipinski definition) is 5. The zero-order valence-corrected chi connectivity index (χ0v) is 13.4. The first kappa shape index (κ1) is 15.2. The van der Waals surface area contributed by atoms with Crippen molar-refractivity contribution in [3.63, 3.8) is 0 Å². The van der Waals surface area contributed by atoms with E-state index in [2.05, 4.69) is 5.32 Å². The van der Waals surface area contributed by atoms with Crippen LogP contribution in [0.5, 0.6) is 0 Å². The number of rotatable bonds is 4. The molecule has 6 heteroatoms. The average molecular weight is 329 g/mol. The zero-order valence-electron chi connectivity index (χ0n) is 13.4. The van der Waals surface area contributed by atoms with Gasteiger partial charge in [0.25, 0.3) is 5.91 Å². The normalized spacial score (nSPS) is 32.5. The Morgan fingerprint density at radius 1 is 1.29 bits per heavy atom. The molecule has 1 N–H and O–H groups in total. The van der Waals surface area contributed by atoms with Crippen LogP contribution in [0.4, 0.5) is 5.69 Å². The van der Waals surface area contributed by atoms with E-state index in [4.69, 9.17) is 9.47 Å². The first-order valence-electron chi connectivity index (χ1n) is 8.27. The number of aryl methyl sites for hydroxylation is 1. The number of anilines is 1. The van der Waals surface area contributed by atoms with Gasteiger partial charge in [-0.3, -0.25) is 14.4 Å². The molecule has 1 saturated heterocycles. The molecule has 3 fully saturated rings. The van der Waals surface area contributed by atoms with Crippen LogP contribution in [0, 0.1) is 30.6 Å². The third kappa shape index (κ3) is 2.37. The van der Waals surface area contributed by atoms with Crippen molar-refractivity contribution < 1.29 is 23.9 Å². The smallest absolute Gasteiger partial charge is 0.310 e. The lowest BCUT2D eigenvalue weighted by atomic mass is 9.80. The number of fused-ring (bicyclic) bond motifs is 1. The predicted molar refractivity (Wildman–Crippen MR) is 83.8 cm³/mol. The number of carbonyl (C=O) groups excluding carboxylic acids is 3. The fraction of sp³-hybridized carbons (Fsp3) is 0.500. The zero-order chi connectivity index (χ0) is 16.8. The Morgan fingerprint density at radius 3 is 2.88 bits per heavy atom. The number of hydrogen-bond donors (Lipinski definition) is 1. The third-order valence-electron chi connectivity index (χ3n) is 5.52. The van der Waals surface area contributed by atoms with Gasteiger partial charge in [0.15, 0.2) is 6.61 Å². The van der Waals surface area contributed by atoms with Gasteiger partial charge in [-0.25, -0.2) is 0 Å². The summed E-state index contributed by atoms with van der Waals surface area (Å²) in [4.78, 5) is 36.3. The SMILES string of the molecule is Cc1ccccc1NC(=O)COC(=O)[C@H]1[C@@H]2C[C@H]3[C@@H]1C(=O)O[C@@H]3C2. The maximum Gasteiger partial charge on any atom is 0.310 e. The molecule has 3 aliphatic rings. The fourth-order valence-electron chi connectivity index (χ4n) is 4.46. The van der Waals surface area contributed by atoms with Crippen molar-refractivity contribution in [3.8, 4) is 0 Å². The summed E-state index contributed by atoms with van der Waals surface area (Å²) in [6, 6.07) is 7.39. The van der Waals surface area contributed by atoms with Crippen LogP contribution in [0.2, 0.25) is 0 Å². The molecule has 1 heterocycles. The van der Waals surface area contributed by atoms with Gasteiger partial charge in [0, 0.05) is 11.6 Å². The van der Waals surface area contributed by atoms with Crippen LogP contribution in [0.25, 0.3) is 0 Å². The minimum absolute atomic E-state index is 0.0131. The van der Waals surface area contributed by atoms with Gasteiger partial charge in [0.1, 0.15) is 6.10 Å². The molecule has 1 aromatic carbocycles. The van der Waals surface area contributed by atoms with Crippen LogP contribution in [0.3, 0.4) is 0 Å². The van der Waals surface area contributed by atoms with Crippen molar-refractivity contribution >= 4 is 23.5 Å². The highest BCUT2D eigenvalue weighted by Gasteiger charge is 2.64. The molecular formula is C18H19NO5. The standard InChI is InChI=1S/C18H19NO5/c1-9-4-2-3-5-12(9)19-14(20)8-23-17(21)15-10-6-11-13(7-10)24-18(22)16(11)15/h2-5,10-11,13,15-16H,6-8H2,1H3,(H,19,20)/t10-,11-,13-,15+,16+/m1/s1. The first-order chi connectivity index (χ1) is 11.5. The van der Waals surface area contributed by atoms with Crippen LogP contribution < -0.4 is 5.32 Å². The van der Waals surface area contributed by atoms with Crippen LogP contribution in [-0.2, 0) is 23.9 Å². The molecular weight excluding hydrogens is 310 g/mol. The van der Waals surface area contributed by atoms with Gasteiger partial charge in [0.05, 0.1) is 11.8 Å². The van der Waals surface area contributed by atoms with E-state index in [1.807, 2.05) is 25.1 Å². The molecule has 1 aromatic rings. The van der Waals surface area contributed by atoms with E-state index in [9.17, 15) is 14.4 Å². The van der Waals surface area contributed by atoms with Crippen LogP contribution in [-0.4, -0.2) is 30.6 Å². The fourth-order valence-corrected chi connectivity index (χ4v) is 4.46. The highest BCUT2D eigenvalue weighted by atomic mass is 16.6. The predicted octanol–water partition coefficient (Wildman–Crippen LogP) is 1.67. The molecule has 0 spiro atoms. The minimum atomic E-state index is -0.454. The number of ether oxygens (including phenoxy) is 2. The van der Waals surface area contributed by atoms with Gasteiger partial charge >= 0.3 is 11.9 Å². The number of para-hydroxylation sites is 1. The van der Waals surface area contributed by atoms with E-state index in [0.29, 0.717) is 5.69 Å². The van der Waals surface area contributed by atoms with E-state index in [0.717, 1.165) is 18.4 Å². The molecule has 2 bridgehead atoms. The molecule has 126 valence electrons. The lowest BCUT2D eigenvalue weighted by Gasteiger charge is -2.22. The molecule has 0 unspecified atom stereocenters. The molecule has 1 aliphatic heterocycles. The average Bonchev–Trinajstić information content (AvgIpc) is 3.16. The van der Waals surface area contributed by atoms with E-state index < -0.39 is 11.9 Å². The number of benzene rings is 1. The Kier molecular flexibility index (Phi) is 3.55. The number of nitrogens with one attached hydrogen (secondary N) is 1. The lowest BCUT2D eigenvalue weighted by Crippen LogP contribution is -2.35. The van der Waals surface area contributed by atoms with Crippen molar-refractivity contribution in [1.82, 2.24) is 0 Å². The Hall–Kier alpha value is -2.37. The second kappa shape index (κ2) is 5.61. The molecule has 6 nitrogen and oxygen atoms in total. The Morgan fingerprint density at radius 2 is 2.08 bits per heavy atom. The van der Waals surface area contributed by atoms with Gasteiger partial charge in [-0.15, -0.1) is 0 Å². The second-order valence-corrected chi connectivity index (χ2v) is 6.89. The van der Waals surface area contributed by atoms with E-state index in [-0.39, 0.29) is 42.3 Å². The van der Waals surface area contributed by atoms with E-state index >= 15 is 0 Å². The van der Waals surface area contributed by atoms with Crippen molar-refractivity contribution in [1.29, 1.82) is 0 Å². The molecule has 2 aliphatic carbocycles. The largest absolute Gasteiger partial charge is 0.462 e. The summed E-state index contributed by atoms with van der Waals surface area (Å²) in [7, 11) is 0. The van der Waals surface area contributed by atoms with Crippen molar-refractivity contribution in [2.24, 2.45) is 23.7 Å². The quantitative estimate of drug-likeness (QED) is 0.850. The highest BCUT2D eigenvalue weighted by molar-refractivity contribution is 5.94. The summed E-state index contributed by atoms with van der Waals surface area (Å²) < 4.78 is 10.5. The van der Waals surface area contributed by atoms with Gasteiger partial charge in [-0.05, 0) is 37.3 Å². The van der Waals surface area contributed by atoms with Crippen molar-refractivity contribution in [2.75, 3.05) is 11.9 Å². The minimum Gasteiger partial charge on any atom is -0.462 e. The molecule has 0 aromatic heterocycles. The van der Waals surface area contributed by atoms with Gasteiger partial charge < -0.3 is 14.8 Å². The summed E-state index contributed by atoms with van der Waals surface area (Å²) in [5, 5.41) is 2.72. The third-order valence-corrected chi connectivity index (χ3v) is 5.52. The molecule has 0 radical (unpaired) electrons. The summed E-state index contributed by atoms with van der Waals surface area (Å²) in [6.07, 6.45) is 1.57. The van der Waals surface area contributed by atoms with Crippen molar-refractivity contribution in [2.45, 2.75) is 25.9 Å². The molecule has 4 rings (SSSR count). The van der Waals surface area contributed by atoms with Gasteiger partial charge in [0.2, 0.25) is 0 Å². The lowest BCUT2D eigenvalue weighted by molar-refractivity contribution is -0.157. The monoisotopic (exact) mass is 329 g/mol. The van der Waals surface area contributed by atoms with Gasteiger partial charge in [-0.2, -0.15) is 0 Å². The van der Waals surface area contributed by atoms with Crippen LogP contribution >= 0.6 is 0 Å². The van der Waals surface area contributed by atoms with Gasteiger partial charge in [-0.1, -0.05) is 18.2 Å². The van der Waals surface area contributed by atoms with E-state index in [1.165, 1.54) is 0 Å². The summed E-state index contributed by atoms with van der Waals surface area (Å²) >= 11 is 0. The Labute approximate surface area is 139 Å². The number of amides is 1. The molecule has 5 atom stereocenters.